The Morgan fingerprint density at radius 3 is 2.36 bits per heavy atom. The summed E-state index contributed by atoms with van der Waals surface area (Å²) in [4.78, 5) is 36.2. The van der Waals surface area contributed by atoms with E-state index in [4.69, 9.17) is 27.9 Å². The molecule has 1 aromatic carbocycles. The molecule has 2 aromatic rings. The van der Waals surface area contributed by atoms with E-state index in [1.54, 1.807) is 36.4 Å². The van der Waals surface area contributed by atoms with Gasteiger partial charge in [0.25, 0.3) is 5.91 Å². The second-order valence-corrected chi connectivity index (χ2v) is 7.31. The minimum atomic E-state index is -0.977. The van der Waals surface area contributed by atoms with Gasteiger partial charge in [0.15, 0.2) is 11.9 Å². The summed E-state index contributed by atoms with van der Waals surface area (Å²) < 4.78 is 5.56. The fourth-order valence-electron chi connectivity index (χ4n) is 1.89. The zero-order valence-corrected chi connectivity index (χ0v) is 15.6. The number of rotatable bonds is 7. The number of amides is 1. The van der Waals surface area contributed by atoms with Crippen LogP contribution in [0, 0.1) is 0 Å². The highest BCUT2D eigenvalue weighted by atomic mass is 35.5. The fourth-order valence-corrected chi connectivity index (χ4v) is 3.03. The van der Waals surface area contributed by atoms with Gasteiger partial charge in [0.2, 0.25) is 0 Å². The van der Waals surface area contributed by atoms with Crippen molar-refractivity contribution in [2.45, 2.75) is 25.9 Å². The molecule has 0 fully saturated rings. The van der Waals surface area contributed by atoms with Gasteiger partial charge < -0.3 is 10.1 Å². The Morgan fingerprint density at radius 1 is 1.08 bits per heavy atom. The molecule has 0 unspecified atom stereocenters. The predicted octanol–water partition coefficient (Wildman–Crippen LogP) is 4.59. The van der Waals surface area contributed by atoms with Crippen molar-refractivity contribution < 1.29 is 19.1 Å². The normalized spacial score (nSPS) is 11.6. The molecule has 0 bridgehead atoms. The third kappa shape index (κ3) is 6.16. The van der Waals surface area contributed by atoms with Crippen molar-refractivity contribution in [2.75, 3.05) is 5.32 Å². The van der Waals surface area contributed by atoms with Gasteiger partial charge in [-0.1, -0.05) is 23.2 Å². The molecular weight excluding hydrogens is 385 g/mol. The Hall–Kier alpha value is -1.89. The minimum absolute atomic E-state index is 0.00119. The molecule has 2 rings (SSSR count). The molecule has 25 heavy (non-hydrogen) atoms. The molecule has 5 nitrogen and oxygen atoms in total. The zero-order valence-electron chi connectivity index (χ0n) is 13.3. The van der Waals surface area contributed by atoms with Crippen molar-refractivity contribution in [3.05, 3.63) is 50.6 Å². The Morgan fingerprint density at radius 2 is 1.76 bits per heavy atom. The van der Waals surface area contributed by atoms with E-state index in [0.717, 1.165) is 11.3 Å². The number of benzene rings is 1. The van der Waals surface area contributed by atoms with Crippen molar-refractivity contribution in [3.63, 3.8) is 0 Å². The maximum Gasteiger partial charge on any atom is 0.307 e. The lowest BCUT2D eigenvalue weighted by molar-refractivity contribution is -0.153. The molecule has 8 heteroatoms. The van der Waals surface area contributed by atoms with Gasteiger partial charge in [-0.25, -0.2) is 0 Å². The van der Waals surface area contributed by atoms with Crippen molar-refractivity contribution in [1.29, 1.82) is 0 Å². The highest BCUT2D eigenvalue weighted by Crippen LogP contribution is 2.23. The van der Waals surface area contributed by atoms with Crippen LogP contribution in [0.3, 0.4) is 0 Å². The van der Waals surface area contributed by atoms with Gasteiger partial charge in [0, 0.05) is 17.1 Å². The lowest BCUT2D eigenvalue weighted by Crippen LogP contribution is -2.30. The fraction of sp³-hybridized carbons (Fsp3) is 0.235. The van der Waals surface area contributed by atoms with E-state index in [-0.39, 0.29) is 18.6 Å². The number of hydrogen-bond acceptors (Lipinski definition) is 5. The first-order valence-corrected chi connectivity index (χ1v) is 8.97. The van der Waals surface area contributed by atoms with Crippen molar-refractivity contribution >= 4 is 57.9 Å². The van der Waals surface area contributed by atoms with Gasteiger partial charge >= 0.3 is 5.97 Å². The number of hydrogen-bond donors (Lipinski definition) is 1. The number of thiophene rings is 1. The van der Waals surface area contributed by atoms with Gasteiger partial charge in [-0.15, -0.1) is 11.3 Å². The molecule has 132 valence electrons. The second kappa shape index (κ2) is 8.99. The summed E-state index contributed by atoms with van der Waals surface area (Å²) in [5, 5.41) is 3.16. The number of esters is 1. The molecule has 0 aliphatic rings. The van der Waals surface area contributed by atoms with E-state index in [1.807, 2.05) is 0 Å². The Bertz CT molecular complexity index is 773. The standard InChI is InChI=1S/C17H15Cl2NO4S/c1-10(17(23)20-12-4-2-11(18)3-5-12)24-16(22)9-6-13(21)14-7-8-15(19)25-14/h2-5,7-8,10H,6,9H2,1H3,(H,20,23)/t10-/m0/s1. The van der Waals surface area contributed by atoms with Crippen LogP contribution >= 0.6 is 34.5 Å². The number of Topliss-reactive ketones (excluding diaryl/α,β-unsaturated/α-hetero) is 1. The van der Waals surface area contributed by atoms with Crippen molar-refractivity contribution in [1.82, 2.24) is 0 Å². The van der Waals surface area contributed by atoms with E-state index in [1.165, 1.54) is 6.92 Å². The number of ether oxygens (including phenoxy) is 1. The molecule has 0 aliphatic carbocycles. The van der Waals surface area contributed by atoms with Crippen LogP contribution in [-0.4, -0.2) is 23.8 Å². The summed E-state index contributed by atoms with van der Waals surface area (Å²) in [6.45, 7) is 1.46. The second-order valence-electron chi connectivity index (χ2n) is 5.16. The molecule has 1 N–H and O–H groups in total. The molecule has 1 atom stereocenters. The summed E-state index contributed by atoms with van der Waals surface area (Å²) in [5.41, 5.74) is 0.544. The summed E-state index contributed by atoms with van der Waals surface area (Å²) in [6.07, 6.45) is -1.08. The summed E-state index contributed by atoms with van der Waals surface area (Å²) in [7, 11) is 0. The average molecular weight is 400 g/mol. The number of halogens is 2. The van der Waals surface area contributed by atoms with Crippen LogP contribution in [0.25, 0.3) is 0 Å². The molecule has 1 amide bonds. The summed E-state index contributed by atoms with van der Waals surface area (Å²) in [5.74, 6) is -1.27. The molecule has 0 spiro atoms. The van der Waals surface area contributed by atoms with E-state index >= 15 is 0 Å². The van der Waals surface area contributed by atoms with Gasteiger partial charge in [-0.05, 0) is 43.3 Å². The number of nitrogens with one attached hydrogen (secondary N) is 1. The van der Waals surface area contributed by atoms with Crippen LogP contribution in [0.15, 0.2) is 36.4 Å². The first kappa shape index (κ1) is 19.4. The van der Waals surface area contributed by atoms with E-state index in [9.17, 15) is 14.4 Å². The molecule has 1 heterocycles. The van der Waals surface area contributed by atoms with Crippen molar-refractivity contribution in [3.8, 4) is 0 Å². The van der Waals surface area contributed by atoms with E-state index in [2.05, 4.69) is 5.32 Å². The molecular formula is C17H15Cl2NO4S. The summed E-state index contributed by atoms with van der Waals surface area (Å²) in [6, 6.07) is 9.79. The number of carbonyl (C=O) groups excluding carboxylic acids is 3. The van der Waals surface area contributed by atoms with Crippen LogP contribution < -0.4 is 5.32 Å². The van der Waals surface area contributed by atoms with Crippen LogP contribution in [0.5, 0.6) is 0 Å². The minimum Gasteiger partial charge on any atom is -0.453 e. The van der Waals surface area contributed by atoms with E-state index < -0.39 is 18.0 Å². The average Bonchev–Trinajstić information content (AvgIpc) is 3.01. The number of anilines is 1. The van der Waals surface area contributed by atoms with Crippen LogP contribution in [0.2, 0.25) is 9.36 Å². The molecule has 0 saturated carbocycles. The van der Waals surface area contributed by atoms with Gasteiger partial charge in [-0.2, -0.15) is 0 Å². The predicted molar refractivity (Wildman–Crippen MR) is 98.5 cm³/mol. The van der Waals surface area contributed by atoms with E-state index in [0.29, 0.717) is 19.9 Å². The zero-order chi connectivity index (χ0) is 18.4. The Labute approximate surface area is 158 Å². The highest BCUT2D eigenvalue weighted by Gasteiger charge is 2.19. The van der Waals surface area contributed by atoms with Gasteiger partial charge in [0.1, 0.15) is 0 Å². The first-order chi connectivity index (χ1) is 11.8. The molecule has 0 radical (unpaired) electrons. The third-order valence-electron chi connectivity index (χ3n) is 3.19. The third-order valence-corrected chi connectivity index (χ3v) is 4.72. The van der Waals surface area contributed by atoms with Crippen molar-refractivity contribution in [2.24, 2.45) is 0 Å². The molecule has 1 aromatic heterocycles. The maximum atomic E-state index is 12.0. The van der Waals surface area contributed by atoms with Crippen LogP contribution in [0.1, 0.15) is 29.4 Å². The Balaban J connectivity index is 1.78. The lowest BCUT2D eigenvalue weighted by Gasteiger charge is -2.13. The highest BCUT2D eigenvalue weighted by molar-refractivity contribution is 7.18. The first-order valence-electron chi connectivity index (χ1n) is 7.39. The van der Waals surface area contributed by atoms with Gasteiger partial charge in [-0.3, -0.25) is 14.4 Å². The van der Waals surface area contributed by atoms with Crippen LogP contribution in [0.4, 0.5) is 5.69 Å². The van der Waals surface area contributed by atoms with Gasteiger partial charge in [0.05, 0.1) is 15.6 Å². The SMILES string of the molecule is C[C@H](OC(=O)CCC(=O)c1ccc(Cl)s1)C(=O)Nc1ccc(Cl)cc1. The molecule has 0 aliphatic heterocycles. The van der Waals surface area contributed by atoms with Crippen LogP contribution in [-0.2, 0) is 14.3 Å². The summed E-state index contributed by atoms with van der Waals surface area (Å²) >= 11 is 12.7. The number of carbonyl (C=O) groups is 3. The number of ketones is 1. The topological polar surface area (TPSA) is 72.5 Å². The lowest BCUT2D eigenvalue weighted by atomic mass is 10.2. The maximum absolute atomic E-state index is 12.0. The largest absolute Gasteiger partial charge is 0.453 e. The Kier molecular flexibility index (Phi) is 6.99. The smallest absolute Gasteiger partial charge is 0.307 e. The quantitative estimate of drug-likeness (QED) is 0.545. The monoisotopic (exact) mass is 399 g/mol. The molecule has 0 saturated heterocycles.